The van der Waals surface area contributed by atoms with Crippen molar-refractivity contribution in [2.24, 2.45) is 0 Å². The second-order valence-corrected chi connectivity index (χ2v) is 25.0. The monoisotopic (exact) mass is 900 g/mol. The average Bonchev–Trinajstić information content (AvgIpc) is 3.86. The molecule has 3 aliphatic rings. The molecule has 8 aromatic rings. The van der Waals surface area contributed by atoms with Crippen LogP contribution in [0, 0.1) is 6.67 Å². The zero-order valence-electron chi connectivity index (χ0n) is 43.3. The van der Waals surface area contributed by atoms with E-state index in [1.807, 2.05) is 6.20 Å². The van der Waals surface area contributed by atoms with E-state index in [0.29, 0.717) is 8.97 Å². The minimum Gasteiger partial charge on any atom is -0.457 e. The summed E-state index contributed by atoms with van der Waals surface area (Å²) >= 11 is 0. The lowest BCUT2D eigenvalue weighted by Crippen LogP contribution is -2.67. The average molecular weight is 900 g/mol. The molecule has 68 heavy (non-hydrogen) atoms. The maximum absolute atomic E-state index is 6.99. The number of hydrogen-bond donors (Lipinski definition) is 0. The number of fused-ring (bicyclic) bond motifs is 3. The number of nitrogens with zero attached hydrogens (tertiary/aromatic N) is 4. The summed E-state index contributed by atoms with van der Waals surface area (Å²) in [5, 5.41) is 2.46. The van der Waals surface area contributed by atoms with E-state index in [9.17, 15) is 0 Å². The molecule has 11 rings (SSSR count). The van der Waals surface area contributed by atoms with Crippen LogP contribution in [0.3, 0.4) is 0 Å². The van der Waals surface area contributed by atoms with Crippen LogP contribution in [0.5, 0.6) is 11.5 Å². The minimum atomic E-state index is -0.0538. The topological polar surface area (TPSA) is 27.1 Å². The van der Waals surface area contributed by atoms with Crippen molar-refractivity contribution in [3.63, 3.8) is 0 Å². The molecule has 0 N–H and O–H groups in total. The summed E-state index contributed by atoms with van der Waals surface area (Å²) in [5.74, 6) is 2.51. The van der Waals surface area contributed by atoms with Crippen molar-refractivity contribution in [1.82, 2.24) is 18.5 Å². The van der Waals surface area contributed by atoms with Gasteiger partial charge in [-0.05, 0) is 109 Å². The molecule has 2 bridgehead atoms. The highest BCUT2D eigenvalue weighted by Crippen LogP contribution is 2.68. The molecular formula is C63H71N4O+. The highest BCUT2D eigenvalue weighted by Gasteiger charge is 2.64. The summed E-state index contributed by atoms with van der Waals surface area (Å²) in [5.41, 5.74) is 16.5. The second kappa shape index (κ2) is 15.2. The van der Waals surface area contributed by atoms with E-state index < -0.39 is 0 Å². The summed E-state index contributed by atoms with van der Waals surface area (Å²) in [4.78, 5) is 5.00. The van der Waals surface area contributed by atoms with Gasteiger partial charge in [0.1, 0.15) is 28.7 Å². The van der Waals surface area contributed by atoms with Gasteiger partial charge in [0.2, 0.25) is 0 Å². The Bertz CT molecular complexity index is 3260. The van der Waals surface area contributed by atoms with Crippen LogP contribution in [0.25, 0.3) is 38.8 Å². The summed E-state index contributed by atoms with van der Waals surface area (Å²) in [7, 11) is 0. The van der Waals surface area contributed by atoms with E-state index in [1.165, 1.54) is 72.5 Å². The number of aromatic nitrogens is 2. The number of ether oxygens (including phenoxy) is 1. The van der Waals surface area contributed by atoms with Crippen LogP contribution in [0.15, 0.2) is 140 Å². The lowest BCUT2D eigenvalue weighted by molar-refractivity contribution is 0.187. The predicted molar refractivity (Wildman–Crippen MR) is 289 cm³/mol. The Balaban J connectivity index is 1.11. The molecule has 2 aromatic heterocycles. The van der Waals surface area contributed by atoms with Crippen molar-refractivity contribution >= 4 is 44.6 Å². The molecule has 0 spiro atoms. The van der Waals surface area contributed by atoms with E-state index in [4.69, 9.17) is 9.72 Å². The molecule has 2 atom stereocenters. The molecule has 5 heterocycles. The first-order valence-electron chi connectivity index (χ1n) is 24.7. The van der Waals surface area contributed by atoms with Crippen LogP contribution in [-0.2, 0) is 27.1 Å². The van der Waals surface area contributed by atoms with Gasteiger partial charge in [0.05, 0.1) is 17.7 Å². The highest BCUT2D eigenvalue weighted by atomic mass is 16.5. The first kappa shape index (κ1) is 45.8. The van der Waals surface area contributed by atoms with Gasteiger partial charge in [0.15, 0.2) is 18.0 Å². The summed E-state index contributed by atoms with van der Waals surface area (Å²) < 4.78 is 10.6. The van der Waals surface area contributed by atoms with Crippen molar-refractivity contribution in [2.75, 3.05) is 6.67 Å². The Kier molecular flexibility index (Phi) is 10.3. The van der Waals surface area contributed by atoms with E-state index in [2.05, 4.69) is 249 Å². The number of pyridine rings is 1. The molecule has 5 heteroatoms. The quantitative estimate of drug-likeness (QED) is 0.123. The molecular weight excluding hydrogens is 829 g/mol. The molecule has 0 aliphatic carbocycles. The second-order valence-electron chi connectivity index (χ2n) is 25.0. The maximum atomic E-state index is 6.99. The van der Waals surface area contributed by atoms with Crippen molar-refractivity contribution in [1.29, 1.82) is 0 Å². The first-order valence-corrected chi connectivity index (χ1v) is 24.7. The van der Waals surface area contributed by atoms with Crippen LogP contribution < -0.4 is 13.7 Å². The van der Waals surface area contributed by atoms with Crippen LogP contribution in [0.4, 0.5) is 22.7 Å². The zero-order valence-corrected chi connectivity index (χ0v) is 43.3. The van der Waals surface area contributed by atoms with Gasteiger partial charge in [-0.1, -0.05) is 158 Å². The summed E-state index contributed by atoms with van der Waals surface area (Å²) in [6, 6.07) is 50.1. The lowest BCUT2D eigenvalue weighted by atomic mass is 9.80. The SMILES string of the molecule is CC(C)(C)c1cccc(-c2cccc3c2[N@@+]2(c4cc(C(C)(C)C)cc(C(C)(C)C)c4)[CH-][N@+]3(c3cccc(Oc4ccc5c6c(C(C)(C)C)cccc6n(-c6cc(C(C)(C)C)ccn6)c5c4)c3)C2)c1. The van der Waals surface area contributed by atoms with Crippen LogP contribution in [0.1, 0.15) is 132 Å². The molecule has 0 radical (unpaired) electrons. The Morgan fingerprint density at radius 2 is 1.12 bits per heavy atom. The standard InChI is InChI=1S/C63H71N4O/c1-59(2,3)42-21-16-20-41(32-42)50-24-18-27-55-58(50)67(47-34-44(61(7,8)9)33-45(35-47)62(10,11)12)39-66(55,40-67)46-22-17-23-48(37-46)68-49-28-29-51-54(38-49)65(56-36-43(30-31-64-56)60(4,5)6)53-26-19-25-52(57(51)53)63(13,14)15/h16-39H,40H2,1-15H3/q+1/t66-,67+/m1/s1. The number of hydrogen-bond acceptors (Lipinski definition) is 2. The lowest BCUT2D eigenvalue weighted by Gasteiger charge is -2.56. The maximum Gasteiger partial charge on any atom is 0.188 e. The van der Waals surface area contributed by atoms with Gasteiger partial charge in [0, 0.05) is 52.9 Å². The zero-order chi connectivity index (χ0) is 48.6. The van der Waals surface area contributed by atoms with Gasteiger partial charge < -0.3 is 4.74 Å². The molecule has 0 unspecified atom stereocenters. The van der Waals surface area contributed by atoms with Crippen molar-refractivity contribution < 1.29 is 4.74 Å². The smallest absolute Gasteiger partial charge is 0.188 e. The molecule has 1 saturated heterocycles. The highest BCUT2D eigenvalue weighted by molar-refractivity contribution is 6.11. The fourth-order valence-corrected chi connectivity index (χ4v) is 10.8. The van der Waals surface area contributed by atoms with Crippen LogP contribution in [0.2, 0.25) is 0 Å². The van der Waals surface area contributed by atoms with Gasteiger partial charge in [-0.25, -0.2) is 4.98 Å². The minimum absolute atomic E-state index is 0.0147. The van der Waals surface area contributed by atoms with E-state index >= 15 is 0 Å². The molecule has 348 valence electrons. The predicted octanol–water partition coefficient (Wildman–Crippen LogP) is 17.5. The van der Waals surface area contributed by atoms with Crippen LogP contribution in [-0.4, -0.2) is 16.2 Å². The van der Waals surface area contributed by atoms with E-state index in [1.54, 1.807) is 0 Å². The fraction of sp³-hybridized carbons (Fsp3) is 0.333. The third-order valence-corrected chi connectivity index (χ3v) is 14.8. The van der Waals surface area contributed by atoms with Gasteiger partial charge in [-0.2, -0.15) is 0 Å². The molecule has 0 saturated carbocycles. The van der Waals surface area contributed by atoms with Gasteiger partial charge in [0.25, 0.3) is 0 Å². The van der Waals surface area contributed by atoms with Gasteiger partial charge >= 0.3 is 0 Å². The van der Waals surface area contributed by atoms with Crippen molar-refractivity contribution in [2.45, 2.75) is 131 Å². The van der Waals surface area contributed by atoms with Gasteiger partial charge in [-0.3, -0.25) is 13.5 Å². The normalized spacial score (nSPS) is 18.5. The molecule has 0 amide bonds. The number of rotatable bonds is 6. The fourth-order valence-electron chi connectivity index (χ4n) is 10.8. The Morgan fingerprint density at radius 3 is 1.78 bits per heavy atom. The van der Waals surface area contributed by atoms with E-state index in [-0.39, 0.29) is 27.1 Å². The summed E-state index contributed by atoms with van der Waals surface area (Å²) in [6.07, 6.45) is 1.95. The molecule has 3 aliphatic heterocycles. The molecule has 6 aromatic carbocycles. The van der Waals surface area contributed by atoms with Crippen molar-refractivity contribution in [3.05, 3.63) is 174 Å². The molecule has 1 fully saturated rings. The van der Waals surface area contributed by atoms with Crippen molar-refractivity contribution in [3.8, 4) is 28.4 Å². The Labute approximate surface area is 406 Å². The van der Waals surface area contributed by atoms with Crippen LogP contribution >= 0.6 is 0 Å². The first-order chi connectivity index (χ1) is 31.8. The van der Waals surface area contributed by atoms with E-state index in [0.717, 1.165) is 35.0 Å². The number of para-hydroxylation sites is 1. The number of benzene rings is 6. The third-order valence-electron chi connectivity index (χ3n) is 14.8. The summed E-state index contributed by atoms with van der Waals surface area (Å²) in [6.45, 7) is 38.1. The molecule has 5 nitrogen and oxygen atoms in total. The Hall–Kier alpha value is -6.01. The Morgan fingerprint density at radius 1 is 0.500 bits per heavy atom. The third kappa shape index (κ3) is 7.49. The van der Waals surface area contributed by atoms with Gasteiger partial charge in [-0.15, -0.1) is 0 Å². The largest absolute Gasteiger partial charge is 0.457 e. The number of quaternary nitrogens is 2.